The zero-order valence-electron chi connectivity index (χ0n) is 17.5. The lowest BCUT2D eigenvalue weighted by Gasteiger charge is -2.34. The van der Waals surface area contributed by atoms with Gasteiger partial charge in [-0.15, -0.1) is 0 Å². The van der Waals surface area contributed by atoms with Crippen molar-refractivity contribution in [2.75, 3.05) is 44.2 Å². The van der Waals surface area contributed by atoms with Crippen molar-refractivity contribution in [3.8, 4) is 0 Å². The Hall–Kier alpha value is -1.70. The fourth-order valence-corrected chi connectivity index (χ4v) is 4.45. The predicted molar refractivity (Wildman–Crippen MR) is 120 cm³/mol. The Bertz CT molecular complexity index is 787. The van der Waals surface area contributed by atoms with Gasteiger partial charge >= 0.3 is 0 Å². The van der Waals surface area contributed by atoms with Crippen LogP contribution >= 0.6 is 23.1 Å². The van der Waals surface area contributed by atoms with E-state index >= 15 is 0 Å². The number of nitrogens with zero attached hydrogens (tertiary/aromatic N) is 5. The van der Waals surface area contributed by atoms with Crippen molar-refractivity contribution in [2.45, 2.75) is 39.7 Å². The van der Waals surface area contributed by atoms with Gasteiger partial charge in [0.15, 0.2) is 0 Å². The third-order valence-corrected chi connectivity index (χ3v) is 6.38. The summed E-state index contributed by atoms with van der Waals surface area (Å²) in [6.45, 7) is 11.8. The van der Waals surface area contributed by atoms with Crippen molar-refractivity contribution in [3.05, 3.63) is 40.7 Å². The molecule has 0 unspecified atom stereocenters. The maximum absolute atomic E-state index is 12.7. The number of rotatable bonds is 8. The number of carbonyl (C=O) groups excluding carboxylic acids is 1. The minimum atomic E-state index is 0.234. The van der Waals surface area contributed by atoms with Gasteiger partial charge in [-0.05, 0) is 38.1 Å². The quantitative estimate of drug-likeness (QED) is 0.634. The van der Waals surface area contributed by atoms with Gasteiger partial charge in [0, 0.05) is 68.2 Å². The third-order valence-electron chi connectivity index (χ3n) is 5.34. The molecule has 6 nitrogen and oxygen atoms in total. The lowest BCUT2D eigenvalue weighted by atomic mass is 10.1. The summed E-state index contributed by atoms with van der Waals surface area (Å²) >= 11 is 7.36. The summed E-state index contributed by atoms with van der Waals surface area (Å²) in [5.41, 5.74) is 1.14. The molecule has 3 rings (SSSR count). The number of amides is 1. The van der Waals surface area contributed by atoms with Gasteiger partial charge in [-0.25, -0.2) is 4.98 Å². The van der Waals surface area contributed by atoms with Crippen LogP contribution in [0.1, 0.15) is 38.6 Å². The second-order valence-electron chi connectivity index (χ2n) is 7.65. The van der Waals surface area contributed by atoms with E-state index in [1.54, 1.807) is 0 Å². The molecule has 1 aliphatic heterocycles. The van der Waals surface area contributed by atoms with Gasteiger partial charge in [-0.1, -0.05) is 30.7 Å². The molecule has 2 aromatic rings. The van der Waals surface area contributed by atoms with E-state index < -0.39 is 0 Å². The largest absolute Gasteiger partial charge is 0.344 e. The van der Waals surface area contributed by atoms with Gasteiger partial charge in [0.25, 0.3) is 0 Å². The van der Waals surface area contributed by atoms with Crippen LogP contribution in [-0.4, -0.2) is 70.4 Å². The zero-order valence-corrected chi connectivity index (χ0v) is 19.0. The van der Waals surface area contributed by atoms with Crippen molar-refractivity contribution in [1.29, 1.82) is 0 Å². The Morgan fingerprint density at radius 2 is 1.90 bits per heavy atom. The molecule has 0 bridgehead atoms. The molecule has 8 heteroatoms. The fraction of sp³-hybridized carbons (Fsp3) is 0.571. The molecule has 1 aromatic carbocycles. The van der Waals surface area contributed by atoms with Gasteiger partial charge < -0.3 is 14.7 Å². The first-order chi connectivity index (χ1) is 14.0. The maximum atomic E-state index is 12.7. The number of hydrogen-bond donors (Lipinski definition) is 0. The molecular weight excluding hydrogens is 406 g/mol. The van der Waals surface area contributed by atoms with E-state index in [1.807, 2.05) is 29.2 Å². The summed E-state index contributed by atoms with van der Waals surface area (Å²) in [6, 6.07) is 8.03. The van der Waals surface area contributed by atoms with Gasteiger partial charge in [-0.2, -0.15) is 4.37 Å². The van der Waals surface area contributed by atoms with Crippen molar-refractivity contribution >= 4 is 34.2 Å². The third kappa shape index (κ3) is 6.14. The molecule has 1 aliphatic rings. The van der Waals surface area contributed by atoms with Crippen molar-refractivity contribution < 1.29 is 4.79 Å². The van der Waals surface area contributed by atoms with E-state index in [-0.39, 0.29) is 11.9 Å². The number of halogens is 1. The molecule has 29 heavy (non-hydrogen) atoms. The first-order valence-corrected chi connectivity index (χ1v) is 11.4. The van der Waals surface area contributed by atoms with E-state index in [2.05, 4.69) is 34.9 Å². The number of carbonyl (C=O) groups is 1. The Morgan fingerprint density at radius 1 is 1.21 bits per heavy atom. The second-order valence-corrected chi connectivity index (χ2v) is 8.82. The first-order valence-electron chi connectivity index (χ1n) is 10.3. The number of benzene rings is 1. The van der Waals surface area contributed by atoms with E-state index in [9.17, 15) is 4.79 Å². The summed E-state index contributed by atoms with van der Waals surface area (Å²) < 4.78 is 4.53. The smallest absolute Gasteiger partial charge is 0.224 e. The highest BCUT2D eigenvalue weighted by Gasteiger charge is 2.22. The minimum absolute atomic E-state index is 0.234. The van der Waals surface area contributed by atoms with Gasteiger partial charge in [0.2, 0.25) is 11.0 Å². The van der Waals surface area contributed by atoms with Crippen LogP contribution in [0.15, 0.2) is 24.3 Å². The van der Waals surface area contributed by atoms with Crippen molar-refractivity contribution in [2.24, 2.45) is 0 Å². The Labute approximate surface area is 182 Å². The molecule has 0 atom stereocenters. The fourth-order valence-electron chi connectivity index (χ4n) is 3.48. The van der Waals surface area contributed by atoms with E-state index in [4.69, 9.17) is 16.6 Å². The average molecular weight is 436 g/mol. The van der Waals surface area contributed by atoms with Crippen molar-refractivity contribution in [1.82, 2.24) is 19.2 Å². The summed E-state index contributed by atoms with van der Waals surface area (Å²) in [5.74, 6) is 1.04. The Kier molecular flexibility index (Phi) is 7.86. The highest BCUT2D eigenvalue weighted by atomic mass is 35.5. The molecule has 158 valence electrons. The molecule has 0 saturated carbocycles. The molecular formula is C21H30ClN5OS. The molecule has 0 spiro atoms. The molecule has 1 aromatic heterocycles. The van der Waals surface area contributed by atoms with Gasteiger partial charge in [0.05, 0.1) is 0 Å². The zero-order chi connectivity index (χ0) is 20.8. The molecule has 0 N–H and O–H groups in total. The number of piperazine rings is 1. The number of hydrogen-bond acceptors (Lipinski definition) is 6. The summed E-state index contributed by atoms with van der Waals surface area (Å²) in [7, 11) is 0. The molecule has 1 amide bonds. The number of aromatic nitrogens is 2. The van der Waals surface area contributed by atoms with Crippen LogP contribution < -0.4 is 4.90 Å². The van der Waals surface area contributed by atoms with Crippen molar-refractivity contribution in [3.63, 3.8) is 0 Å². The van der Waals surface area contributed by atoms with Crippen LogP contribution in [0, 0.1) is 0 Å². The summed E-state index contributed by atoms with van der Waals surface area (Å²) in [5, 5.41) is 1.61. The molecule has 0 aliphatic carbocycles. The molecule has 1 saturated heterocycles. The van der Waals surface area contributed by atoms with Crippen LogP contribution in [-0.2, 0) is 11.2 Å². The van der Waals surface area contributed by atoms with Crippen LogP contribution in [0.5, 0.6) is 0 Å². The highest BCUT2D eigenvalue weighted by molar-refractivity contribution is 7.09. The van der Waals surface area contributed by atoms with Crippen LogP contribution in [0.2, 0.25) is 5.02 Å². The van der Waals surface area contributed by atoms with Crippen LogP contribution in [0.4, 0.5) is 5.13 Å². The Balaban J connectivity index is 1.56. The van der Waals surface area contributed by atoms with E-state index in [1.165, 1.54) is 11.5 Å². The van der Waals surface area contributed by atoms with Crippen LogP contribution in [0.3, 0.4) is 0 Å². The number of anilines is 1. The lowest BCUT2D eigenvalue weighted by molar-refractivity contribution is -0.132. The first kappa shape index (κ1) is 22.0. The maximum Gasteiger partial charge on any atom is 0.224 e. The second kappa shape index (κ2) is 10.4. The predicted octanol–water partition coefficient (Wildman–Crippen LogP) is 3.55. The molecule has 0 radical (unpaired) electrons. The topological polar surface area (TPSA) is 52.6 Å². The SMILES string of the molecule is CCN1CCN(C(=O)CCN(c2nc(Cc3ccc(Cl)cc3)ns2)C(C)C)CC1. The summed E-state index contributed by atoms with van der Waals surface area (Å²) in [4.78, 5) is 24.0. The minimum Gasteiger partial charge on any atom is -0.344 e. The highest BCUT2D eigenvalue weighted by Crippen LogP contribution is 2.22. The standard InChI is InChI=1S/C21H30ClN5OS/c1-4-25-11-13-26(14-12-25)20(28)9-10-27(16(2)3)21-23-19(24-29-21)15-17-5-7-18(22)8-6-17/h5-8,16H,4,9-15H2,1-3H3. The number of likely N-dealkylation sites (N-methyl/N-ethyl adjacent to an activating group) is 1. The lowest BCUT2D eigenvalue weighted by Crippen LogP contribution is -2.49. The molecule has 2 heterocycles. The van der Waals surface area contributed by atoms with Gasteiger partial charge in [-0.3, -0.25) is 4.79 Å². The summed E-state index contributed by atoms with van der Waals surface area (Å²) in [6.07, 6.45) is 1.19. The monoisotopic (exact) mass is 435 g/mol. The Morgan fingerprint density at radius 3 is 2.52 bits per heavy atom. The average Bonchev–Trinajstić information content (AvgIpc) is 3.17. The van der Waals surface area contributed by atoms with Crippen LogP contribution in [0.25, 0.3) is 0 Å². The normalized spacial score (nSPS) is 15.1. The molecule has 1 fully saturated rings. The van der Waals surface area contributed by atoms with Gasteiger partial charge in [0.1, 0.15) is 5.82 Å². The van der Waals surface area contributed by atoms with E-state index in [0.29, 0.717) is 19.4 Å². The van der Waals surface area contributed by atoms with E-state index in [0.717, 1.165) is 54.3 Å².